The Balaban J connectivity index is 1.93. The Kier molecular flexibility index (Phi) is 4.01. The van der Waals surface area contributed by atoms with Gasteiger partial charge in [0.1, 0.15) is 5.82 Å². The van der Waals surface area contributed by atoms with Crippen LogP contribution >= 0.6 is 0 Å². The van der Waals surface area contributed by atoms with Crippen molar-refractivity contribution in [2.45, 2.75) is 26.3 Å². The molecule has 1 aromatic carbocycles. The fraction of sp³-hybridized carbons (Fsp3) is 0.235. The van der Waals surface area contributed by atoms with Crippen molar-refractivity contribution in [3.8, 4) is 11.8 Å². The number of aromatic nitrogens is 2. The number of hydrogen-bond donors (Lipinski definition) is 2. The minimum atomic E-state index is 0.246. The van der Waals surface area contributed by atoms with E-state index in [0.717, 1.165) is 29.7 Å². The maximum absolute atomic E-state index is 5.61. The number of anilines is 3. The number of nitrogen functional groups attached to an aromatic ring is 1. The molecule has 0 radical (unpaired) electrons. The summed E-state index contributed by atoms with van der Waals surface area (Å²) in [6, 6.07) is 5.86. The Labute approximate surface area is 129 Å². The van der Waals surface area contributed by atoms with Crippen LogP contribution in [0.15, 0.2) is 29.4 Å². The van der Waals surface area contributed by atoms with Gasteiger partial charge in [0, 0.05) is 35.6 Å². The highest BCUT2D eigenvalue weighted by molar-refractivity contribution is 5.88. The van der Waals surface area contributed by atoms with Gasteiger partial charge in [-0.25, -0.2) is 4.98 Å². The third kappa shape index (κ3) is 3.07. The van der Waals surface area contributed by atoms with Gasteiger partial charge in [0.15, 0.2) is 0 Å². The van der Waals surface area contributed by atoms with Crippen LogP contribution in [0.2, 0.25) is 0 Å². The summed E-state index contributed by atoms with van der Waals surface area (Å²) < 4.78 is 0. The number of aliphatic imine (C=N–C) groups is 1. The number of nitrogens with two attached hydrogens (primary N) is 1. The zero-order valence-electron chi connectivity index (χ0n) is 12.4. The van der Waals surface area contributed by atoms with Gasteiger partial charge in [0.2, 0.25) is 5.95 Å². The normalized spacial score (nSPS) is 11.7. The predicted molar refractivity (Wildman–Crippen MR) is 89.3 cm³/mol. The lowest BCUT2D eigenvalue weighted by molar-refractivity contribution is 0.983. The van der Waals surface area contributed by atoms with Crippen LogP contribution in [0, 0.1) is 11.8 Å². The van der Waals surface area contributed by atoms with E-state index in [1.807, 2.05) is 12.3 Å². The minimum absolute atomic E-state index is 0.246. The van der Waals surface area contributed by atoms with Crippen LogP contribution in [0.5, 0.6) is 0 Å². The number of hydrogen-bond acceptors (Lipinski definition) is 5. The average molecular weight is 291 g/mol. The third-order valence-electron chi connectivity index (χ3n) is 3.31. The Morgan fingerprint density at radius 3 is 3.09 bits per heavy atom. The Hall–Kier alpha value is -2.87. The lowest BCUT2D eigenvalue weighted by Crippen LogP contribution is -2.00. The smallest absolute Gasteiger partial charge is 0.221 e. The molecule has 22 heavy (non-hydrogen) atoms. The van der Waals surface area contributed by atoms with Gasteiger partial charge in [0.25, 0.3) is 0 Å². The molecular formula is C17H17N5. The Bertz CT molecular complexity index is 783. The standard InChI is InChI=1S/C17H17N5/c1-2-3-4-5-12-8-14(9-13-10-19-11-15(12)13)21-16-6-7-20-17(18)22-16/h6-10H,2-3,11H2,1H3,(H3,18,20,21,22). The van der Waals surface area contributed by atoms with E-state index in [4.69, 9.17) is 5.73 Å². The molecule has 0 amide bonds. The van der Waals surface area contributed by atoms with Gasteiger partial charge >= 0.3 is 0 Å². The van der Waals surface area contributed by atoms with Gasteiger partial charge in [-0.15, -0.1) is 0 Å². The monoisotopic (exact) mass is 291 g/mol. The number of nitrogens with one attached hydrogen (secondary N) is 1. The van der Waals surface area contributed by atoms with E-state index in [9.17, 15) is 0 Å². The van der Waals surface area contributed by atoms with E-state index in [0.29, 0.717) is 12.4 Å². The molecule has 1 aromatic heterocycles. The van der Waals surface area contributed by atoms with Crippen molar-refractivity contribution >= 4 is 23.7 Å². The van der Waals surface area contributed by atoms with Gasteiger partial charge in [-0.05, 0) is 30.2 Å². The molecule has 0 saturated heterocycles. The fourth-order valence-electron chi connectivity index (χ4n) is 2.28. The van der Waals surface area contributed by atoms with Crippen molar-refractivity contribution in [3.05, 3.63) is 41.1 Å². The van der Waals surface area contributed by atoms with Crippen LogP contribution in [0.1, 0.15) is 36.5 Å². The maximum Gasteiger partial charge on any atom is 0.221 e. The van der Waals surface area contributed by atoms with E-state index in [1.165, 1.54) is 5.56 Å². The first kappa shape index (κ1) is 14.1. The van der Waals surface area contributed by atoms with Crippen molar-refractivity contribution < 1.29 is 0 Å². The number of nitrogens with zero attached hydrogens (tertiary/aromatic N) is 3. The lowest BCUT2D eigenvalue weighted by Gasteiger charge is -2.09. The Morgan fingerprint density at radius 2 is 2.27 bits per heavy atom. The quantitative estimate of drug-likeness (QED) is 0.853. The Morgan fingerprint density at radius 1 is 1.36 bits per heavy atom. The molecule has 2 aromatic rings. The first-order valence-electron chi connectivity index (χ1n) is 7.27. The molecule has 0 bridgehead atoms. The first-order valence-corrected chi connectivity index (χ1v) is 7.27. The zero-order valence-corrected chi connectivity index (χ0v) is 12.4. The summed E-state index contributed by atoms with van der Waals surface area (Å²) in [5.74, 6) is 7.37. The van der Waals surface area contributed by atoms with Gasteiger partial charge in [0.05, 0.1) is 6.54 Å². The van der Waals surface area contributed by atoms with Gasteiger partial charge in [-0.1, -0.05) is 18.8 Å². The molecule has 5 nitrogen and oxygen atoms in total. The summed E-state index contributed by atoms with van der Waals surface area (Å²) in [5.41, 5.74) is 9.85. The minimum Gasteiger partial charge on any atom is -0.368 e. The van der Waals surface area contributed by atoms with Crippen LogP contribution < -0.4 is 11.1 Å². The first-order chi connectivity index (χ1) is 10.8. The zero-order chi connectivity index (χ0) is 15.4. The predicted octanol–water partition coefficient (Wildman–Crippen LogP) is 2.89. The molecular weight excluding hydrogens is 274 g/mol. The second-order valence-electron chi connectivity index (χ2n) is 5.04. The van der Waals surface area contributed by atoms with E-state index in [-0.39, 0.29) is 5.95 Å². The molecule has 0 saturated carbocycles. The molecule has 0 spiro atoms. The lowest BCUT2D eigenvalue weighted by atomic mass is 10.0. The number of benzene rings is 1. The molecule has 2 heterocycles. The van der Waals surface area contributed by atoms with Crippen molar-refractivity contribution in [1.82, 2.24) is 9.97 Å². The highest BCUT2D eigenvalue weighted by Gasteiger charge is 2.12. The summed E-state index contributed by atoms with van der Waals surface area (Å²) in [4.78, 5) is 12.4. The van der Waals surface area contributed by atoms with Gasteiger partial charge < -0.3 is 11.1 Å². The molecule has 1 aliphatic rings. The van der Waals surface area contributed by atoms with Crippen molar-refractivity contribution in [3.63, 3.8) is 0 Å². The number of unbranched alkanes of at least 4 members (excludes halogenated alkanes) is 1. The van der Waals surface area contributed by atoms with Crippen LogP contribution in [-0.2, 0) is 6.54 Å². The van der Waals surface area contributed by atoms with E-state index >= 15 is 0 Å². The summed E-state index contributed by atoms with van der Waals surface area (Å²) in [7, 11) is 0. The molecule has 110 valence electrons. The summed E-state index contributed by atoms with van der Waals surface area (Å²) in [5, 5.41) is 3.24. The van der Waals surface area contributed by atoms with Crippen LogP contribution in [0.4, 0.5) is 17.5 Å². The van der Waals surface area contributed by atoms with Crippen molar-refractivity contribution in [2.24, 2.45) is 4.99 Å². The largest absolute Gasteiger partial charge is 0.368 e. The maximum atomic E-state index is 5.61. The molecule has 1 aliphatic heterocycles. The van der Waals surface area contributed by atoms with Gasteiger partial charge in [-0.2, -0.15) is 4.98 Å². The molecule has 3 rings (SSSR count). The SMILES string of the molecule is CCCC#Cc1cc(Nc2ccnc(N)n2)cc2c1CN=C2. The second-order valence-corrected chi connectivity index (χ2v) is 5.04. The van der Waals surface area contributed by atoms with E-state index in [2.05, 4.69) is 45.1 Å². The highest BCUT2D eigenvalue weighted by atomic mass is 15.1. The van der Waals surface area contributed by atoms with Crippen molar-refractivity contribution in [2.75, 3.05) is 11.1 Å². The molecule has 3 N–H and O–H groups in total. The molecule has 0 fully saturated rings. The van der Waals surface area contributed by atoms with Crippen LogP contribution in [0.25, 0.3) is 0 Å². The summed E-state index contributed by atoms with van der Waals surface area (Å²) in [6.07, 6.45) is 5.47. The van der Waals surface area contributed by atoms with Crippen molar-refractivity contribution in [1.29, 1.82) is 0 Å². The van der Waals surface area contributed by atoms with E-state index < -0.39 is 0 Å². The molecule has 5 heteroatoms. The molecule has 0 unspecified atom stereocenters. The highest BCUT2D eigenvalue weighted by Crippen LogP contribution is 2.25. The van der Waals surface area contributed by atoms with E-state index in [1.54, 1.807) is 12.3 Å². The molecule has 0 atom stereocenters. The summed E-state index contributed by atoms with van der Waals surface area (Å²) >= 11 is 0. The number of rotatable bonds is 3. The average Bonchev–Trinajstić information content (AvgIpc) is 2.96. The topological polar surface area (TPSA) is 76.2 Å². The van der Waals surface area contributed by atoms with Crippen LogP contribution in [0.3, 0.4) is 0 Å². The molecule has 0 aliphatic carbocycles. The number of fused-ring (bicyclic) bond motifs is 1. The van der Waals surface area contributed by atoms with Crippen LogP contribution in [-0.4, -0.2) is 16.2 Å². The van der Waals surface area contributed by atoms with Gasteiger partial charge in [-0.3, -0.25) is 4.99 Å². The fourth-order valence-corrected chi connectivity index (χ4v) is 2.28. The summed E-state index contributed by atoms with van der Waals surface area (Å²) in [6.45, 7) is 2.83. The third-order valence-corrected chi connectivity index (χ3v) is 3.31. The second kappa shape index (κ2) is 6.27.